The number of hydrogen-bond donors (Lipinski definition) is 1. The van der Waals surface area contributed by atoms with Crippen molar-refractivity contribution in [3.8, 4) is 11.3 Å². The Bertz CT molecular complexity index is 1180. The second-order valence-corrected chi connectivity index (χ2v) is 8.20. The van der Waals surface area contributed by atoms with Crippen LogP contribution in [-0.4, -0.2) is 21.3 Å². The van der Waals surface area contributed by atoms with E-state index in [4.69, 9.17) is 33.3 Å². The monoisotopic (exact) mass is 441 g/mol. The van der Waals surface area contributed by atoms with Crippen LogP contribution in [0.2, 0.25) is 5.02 Å². The van der Waals surface area contributed by atoms with Crippen LogP contribution in [0.3, 0.4) is 0 Å². The van der Waals surface area contributed by atoms with Crippen molar-refractivity contribution in [2.24, 2.45) is 0 Å². The van der Waals surface area contributed by atoms with Crippen LogP contribution in [0.5, 0.6) is 0 Å². The molecule has 4 rings (SSSR count). The molecule has 5 nitrogen and oxygen atoms in total. The Hall–Kier alpha value is -2.87. The van der Waals surface area contributed by atoms with Crippen molar-refractivity contribution in [1.29, 1.82) is 0 Å². The Morgan fingerprint density at radius 2 is 1.93 bits per heavy atom. The standard InChI is InChI=1S/C21H12ClNO4S2/c22-14-5-2-6-15(10-14)23-19(24)18(29-21(23)28)11-16-7-8-17(27-16)12-3-1-4-13(9-12)20(25)26/h1-11H,(H,25,26). The van der Waals surface area contributed by atoms with Gasteiger partial charge in [-0.1, -0.05) is 53.8 Å². The number of carbonyl (C=O) groups is 2. The smallest absolute Gasteiger partial charge is 0.335 e. The number of hydrogen-bond acceptors (Lipinski definition) is 5. The highest BCUT2D eigenvalue weighted by Gasteiger charge is 2.33. The molecule has 1 saturated heterocycles. The molecular formula is C21H12ClNO4S2. The molecule has 0 saturated carbocycles. The number of rotatable bonds is 4. The number of thiocarbonyl (C=S) groups is 1. The third kappa shape index (κ3) is 3.98. The maximum Gasteiger partial charge on any atom is 0.335 e. The van der Waals surface area contributed by atoms with Crippen molar-refractivity contribution in [3.05, 3.63) is 81.9 Å². The van der Waals surface area contributed by atoms with Crippen LogP contribution >= 0.6 is 35.6 Å². The first kappa shape index (κ1) is 19.4. The van der Waals surface area contributed by atoms with Crippen LogP contribution < -0.4 is 4.90 Å². The van der Waals surface area contributed by atoms with Gasteiger partial charge in [-0.25, -0.2) is 4.79 Å². The zero-order valence-electron chi connectivity index (χ0n) is 14.7. The molecule has 1 aromatic heterocycles. The molecule has 0 unspecified atom stereocenters. The van der Waals surface area contributed by atoms with Gasteiger partial charge in [0.1, 0.15) is 11.5 Å². The number of furan rings is 1. The molecular weight excluding hydrogens is 430 g/mol. The topological polar surface area (TPSA) is 70.8 Å². The summed E-state index contributed by atoms with van der Waals surface area (Å²) in [6, 6.07) is 16.8. The minimum Gasteiger partial charge on any atom is -0.478 e. The third-order valence-electron chi connectivity index (χ3n) is 4.15. The lowest BCUT2D eigenvalue weighted by Crippen LogP contribution is -2.27. The highest BCUT2D eigenvalue weighted by atomic mass is 35.5. The summed E-state index contributed by atoms with van der Waals surface area (Å²) in [5, 5.41) is 9.65. The second kappa shape index (κ2) is 7.87. The second-order valence-electron chi connectivity index (χ2n) is 6.08. The van der Waals surface area contributed by atoms with Gasteiger partial charge in [0.25, 0.3) is 5.91 Å². The number of carboxylic acids is 1. The molecule has 3 aromatic rings. The Morgan fingerprint density at radius 3 is 2.69 bits per heavy atom. The SMILES string of the molecule is O=C(O)c1cccc(-c2ccc(C=C3SC(=S)N(c4cccc(Cl)c4)C3=O)o2)c1. The Morgan fingerprint density at radius 1 is 1.14 bits per heavy atom. The van der Waals surface area contributed by atoms with Crippen molar-refractivity contribution in [3.63, 3.8) is 0 Å². The first-order chi connectivity index (χ1) is 13.9. The van der Waals surface area contributed by atoms with Gasteiger partial charge < -0.3 is 9.52 Å². The van der Waals surface area contributed by atoms with Gasteiger partial charge in [-0.2, -0.15) is 0 Å². The van der Waals surface area contributed by atoms with Gasteiger partial charge in [0.05, 0.1) is 16.2 Å². The third-order valence-corrected chi connectivity index (χ3v) is 5.69. The maximum atomic E-state index is 12.8. The lowest BCUT2D eigenvalue weighted by atomic mass is 10.1. The summed E-state index contributed by atoms with van der Waals surface area (Å²) < 4.78 is 6.20. The van der Waals surface area contributed by atoms with Crippen molar-refractivity contribution in [1.82, 2.24) is 0 Å². The summed E-state index contributed by atoms with van der Waals surface area (Å²) in [4.78, 5) is 25.8. The fraction of sp³-hybridized carbons (Fsp3) is 0. The number of anilines is 1. The van der Waals surface area contributed by atoms with E-state index in [1.165, 1.54) is 28.8 Å². The molecule has 144 valence electrons. The molecule has 0 atom stereocenters. The molecule has 0 spiro atoms. The summed E-state index contributed by atoms with van der Waals surface area (Å²) in [5.74, 6) is -0.298. The van der Waals surface area contributed by atoms with Gasteiger partial charge in [0.2, 0.25) is 0 Å². The van der Waals surface area contributed by atoms with Crippen LogP contribution in [0.1, 0.15) is 16.1 Å². The number of halogens is 1. The highest BCUT2D eigenvalue weighted by Crippen LogP contribution is 2.37. The predicted molar refractivity (Wildman–Crippen MR) is 118 cm³/mol. The van der Waals surface area contributed by atoms with E-state index in [1.54, 1.807) is 54.6 Å². The Balaban J connectivity index is 1.61. The van der Waals surface area contributed by atoms with E-state index in [0.717, 1.165) is 0 Å². The van der Waals surface area contributed by atoms with Gasteiger partial charge in [0, 0.05) is 16.7 Å². The van der Waals surface area contributed by atoms with E-state index in [2.05, 4.69) is 0 Å². The number of nitrogens with zero attached hydrogens (tertiary/aromatic N) is 1. The summed E-state index contributed by atoms with van der Waals surface area (Å²) in [7, 11) is 0. The summed E-state index contributed by atoms with van der Waals surface area (Å²) in [5.41, 5.74) is 1.41. The van der Waals surface area contributed by atoms with Crippen LogP contribution in [0.25, 0.3) is 17.4 Å². The molecule has 2 aromatic carbocycles. The molecule has 1 amide bonds. The van der Waals surface area contributed by atoms with Crippen molar-refractivity contribution < 1.29 is 19.1 Å². The normalized spacial score (nSPS) is 15.3. The largest absolute Gasteiger partial charge is 0.478 e. The van der Waals surface area contributed by atoms with E-state index >= 15 is 0 Å². The van der Waals surface area contributed by atoms with Crippen LogP contribution in [-0.2, 0) is 4.79 Å². The maximum absolute atomic E-state index is 12.8. The lowest BCUT2D eigenvalue weighted by Gasteiger charge is -2.14. The molecule has 0 bridgehead atoms. The number of amides is 1. The molecule has 1 aliphatic rings. The number of carboxylic acid groups (broad SMARTS) is 1. The van der Waals surface area contributed by atoms with Crippen LogP contribution in [0.15, 0.2) is 70.0 Å². The number of thioether (sulfide) groups is 1. The average Bonchev–Trinajstić information content (AvgIpc) is 3.26. The minimum absolute atomic E-state index is 0.169. The van der Waals surface area contributed by atoms with E-state index < -0.39 is 5.97 Å². The van der Waals surface area contributed by atoms with Crippen molar-refractivity contribution in [2.75, 3.05) is 4.90 Å². The van der Waals surface area contributed by atoms with Gasteiger partial charge in [0.15, 0.2) is 4.32 Å². The predicted octanol–water partition coefficient (Wildman–Crippen LogP) is 5.70. The Labute approximate surface area is 180 Å². The summed E-state index contributed by atoms with van der Waals surface area (Å²) in [6.07, 6.45) is 1.62. The van der Waals surface area contributed by atoms with E-state index in [0.29, 0.717) is 37.0 Å². The first-order valence-corrected chi connectivity index (χ1v) is 10.00. The van der Waals surface area contributed by atoms with E-state index in [1.807, 2.05) is 0 Å². The lowest BCUT2D eigenvalue weighted by molar-refractivity contribution is -0.113. The van der Waals surface area contributed by atoms with Gasteiger partial charge in [-0.05, 0) is 42.5 Å². The van der Waals surface area contributed by atoms with Crippen molar-refractivity contribution in [2.45, 2.75) is 0 Å². The number of benzene rings is 2. The number of carbonyl (C=O) groups excluding carboxylic acids is 1. The summed E-state index contributed by atoms with van der Waals surface area (Å²) >= 11 is 12.6. The molecule has 8 heteroatoms. The van der Waals surface area contributed by atoms with Gasteiger partial charge in [-0.3, -0.25) is 9.69 Å². The van der Waals surface area contributed by atoms with Crippen LogP contribution in [0, 0.1) is 0 Å². The molecule has 2 heterocycles. The zero-order valence-corrected chi connectivity index (χ0v) is 17.1. The molecule has 1 fully saturated rings. The minimum atomic E-state index is -1.01. The van der Waals surface area contributed by atoms with Gasteiger partial charge >= 0.3 is 5.97 Å². The zero-order chi connectivity index (χ0) is 20.5. The number of aromatic carboxylic acids is 1. The van der Waals surface area contributed by atoms with E-state index in [9.17, 15) is 9.59 Å². The molecule has 1 aliphatic heterocycles. The average molecular weight is 442 g/mol. The van der Waals surface area contributed by atoms with E-state index in [-0.39, 0.29) is 11.5 Å². The molecule has 0 radical (unpaired) electrons. The fourth-order valence-electron chi connectivity index (χ4n) is 2.83. The first-order valence-electron chi connectivity index (χ1n) is 8.39. The fourth-order valence-corrected chi connectivity index (χ4v) is 4.29. The van der Waals surface area contributed by atoms with Crippen LogP contribution in [0.4, 0.5) is 5.69 Å². The van der Waals surface area contributed by atoms with Crippen molar-refractivity contribution >= 4 is 63.5 Å². The summed E-state index contributed by atoms with van der Waals surface area (Å²) in [6.45, 7) is 0. The molecule has 0 aliphatic carbocycles. The molecule has 29 heavy (non-hydrogen) atoms. The quantitative estimate of drug-likeness (QED) is 0.413. The Kier molecular flexibility index (Phi) is 5.27. The van der Waals surface area contributed by atoms with Gasteiger partial charge in [-0.15, -0.1) is 0 Å². The molecule has 1 N–H and O–H groups in total. The highest BCUT2D eigenvalue weighted by molar-refractivity contribution is 8.27.